The highest BCUT2D eigenvalue weighted by Crippen LogP contribution is 2.31. The van der Waals surface area contributed by atoms with Gasteiger partial charge < -0.3 is 10.4 Å². The third kappa shape index (κ3) is 4.41. The molecule has 0 bridgehead atoms. The first-order valence-electron chi connectivity index (χ1n) is 6.78. The number of hydrogen-bond donors (Lipinski definition) is 2. The minimum atomic E-state index is -2.58. The van der Waals surface area contributed by atoms with Crippen LogP contribution in [0.15, 0.2) is 29.2 Å². The SMILES string of the molecule is O=C(CN1CCC[C@H]1C(=O)O)Nc1ccccc1SC(F)F. The number of para-hydroxylation sites is 1. The molecule has 1 aromatic rings. The molecule has 1 atom stereocenters. The topological polar surface area (TPSA) is 69.6 Å². The van der Waals surface area contributed by atoms with Crippen molar-refractivity contribution in [1.82, 2.24) is 4.90 Å². The second-order valence-corrected chi connectivity index (χ2v) is 5.92. The van der Waals surface area contributed by atoms with E-state index in [2.05, 4.69) is 5.32 Å². The van der Waals surface area contributed by atoms with Crippen molar-refractivity contribution in [3.63, 3.8) is 0 Å². The Morgan fingerprint density at radius 3 is 2.82 bits per heavy atom. The van der Waals surface area contributed by atoms with Gasteiger partial charge in [-0.3, -0.25) is 14.5 Å². The lowest BCUT2D eigenvalue weighted by atomic mass is 10.2. The van der Waals surface area contributed by atoms with E-state index in [1.54, 1.807) is 23.1 Å². The van der Waals surface area contributed by atoms with E-state index < -0.39 is 23.7 Å². The molecule has 1 aliphatic heterocycles. The van der Waals surface area contributed by atoms with Gasteiger partial charge in [-0.15, -0.1) is 0 Å². The molecule has 2 rings (SSSR count). The number of anilines is 1. The van der Waals surface area contributed by atoms with Crippen LogP contribution in [0.3, 0.4) is 0 Å². The van der Waals surface area contributed by atoms with Crippen molar-refractivity contribution in [2.75, 3.05) is 18.4 Å². The molecule has 1 aliphatic rings. The summed E-state index contributed by atoms with van der Waals surface area (Å²) in [4.78, 5) is 25.0. The van der Waals surface area contributed by atoms with Gasteiger partial charge in [-0.1, -0.05) is 23.9 Å². The highest BCUT2D eigenvalue weighted by atomic mass is 32.2. The second-order valence-electron chi connectivity index (χ2n) is 4.89. The Balaban J connectivity index is 1.99. The maximum atomic E-state index is 12.5. The molecule has 1 aromatic carbocycles. The highest BCUT2D eigenvalue weighted by molar-refractivity contribution is 7.99. The number of aliphatic carboxylic acids is 1. The summed E-state index contributed by atoms with van der Waals surface area (Å²) in [6.45, 7) is 0.475. The number of carbonyl (C=O) groups excluding carboxylic acids is 1. The summed E-state index contributed by atoms with van der Waals surface area (Å²) in [7, 11) is 0. The van der Waals surface area contributed by atoms with Crippen molar-refractivity contribution in [3.8, 4) is 0 Å². The molecule has 1 fully saturated rings. The maximum absolute atomic E-state index is 12.5. The minimum absolute atomic E-state index is 0.0648. The van der Waals surface area contributed by atoms with E-state index in [0.29, 0.717) is 30.4 Å². The fourth-order valence-electron chi connectivity index (χ4n) is 2.44. The molecule has 1 amide bonds. The quantitative estimate of drug-likeness (QED) is 0.784. The van der Waals surface area contributed by atoms with Crippen LogP contribution in [0, 0.1) is 0 Å². The number of likely N-dealkylation sites (tertiary alicyclic amines) is 1. The summed E-state index contributed by atoms with van der Waals surface area (Å²) in [6, 6.07) is 5.64. The van der Waals surface area contributed by atoms with Crippen LogP contribution in [-0.2, 0) is 9.59 Å². The van der Waals surface area contributed by atoms with Crippen LogP contribution >= 0.6 is 11.8 Å². The number of halogens is 2. The summed E-state index contributed by atoms with van der Waals surface area (Å²) in [5.41, 5.74) is 0.309. The van der Waals surface area contributed by atoms with E-state index in [9.17, 15) is 18.4 Å². The molecule has 1 heterocycles. The number of carboxylic acids is 1. The molecule has 8 heteroatoms. The zero-order chi connectivity index (χ0) is 16.1. The maximum Gasteiger partial charge on any atom is 0.320 e. The van der Waals surface area contributed by atoms with Crippen LogP contribution < -0.4 is 5.32 Å². The number of amides is 1. The summed E-state index contributed by atoms with van der Waals surface area (Å²) in [5.74, 6) is -3.93. The third-order valence-corrected chi connectivity index (χ3v) is 4.16. The fraction of sp³-hybridized carbons (Fsp3) is 0.429. The van der Waals surface area contributed by atoms with Crippen LogP contribution in [0.2, 0.25) is 0 Å². The Bertz CT molecular complexity index is 557. The predicted octanol–water partition coefficient (Wildman–Crippen LogP) is 2.49. The number of nitrogens with zero attached hydrogens (tertiary/aromatic N) is 1. The normalized spacial score (nSPS) is 18.6. The molecular weight excluding hydrogens is 314 g/mol. The number of carbonyl (C=O) groups is 2. The van der Waals surface area contributed by atoms with Gasteiger partial charge in [0.25, 0.3) is 5.76 Å². The summed E-state index contributed by atoms with van der Waals surface area (Å²) in [5, 5.41) is 11.6. The van der Waals surface area contributed by atoms with Crippen LogP contribution in [-0.4, -0.2) is 46.8 Å². The molecular formula is C14H16F2N2O3S. The van der Waals surface area contributed by atoms with Gasteiger partial charge in [-0.2, -0.15) is 8.78 Å². The molecule has 2 N–H and O–H groups in total. The number of rotatable bonds is 6. The predicted molar refractivity (Wildman–Crippen MR) is 79.2 cm³/mol. The summed E-state index contributed by atoms with van der Waals surface area (Å²) < 4.78 is 25.0. The second kappa shape index (κ2) is 7.55. The van der Waals surface area contributed by atoms with E-state index in [-0.39, 0.29) is 11.4 Å². The largest absolute Gasteiger partial charge is 0.480 e. The van der Waals surface area contributed by atoms with E-state index in [4.69, 9.17) is 5.11 Å². The van der Waals surface area contributed by atoms with Crippen LogP contribution in [0.4, 0.5) is 14.5 Å². The number of nitrogens with one attached hydrogen (secondary N) is 1. The van der Waals surface area contributed by atoms with Crippen LogP contribution in [0.5, 0.6) is 0 Å². The Labute approximate surface area is 130 Å². The number of carboxylic acid groups (broad SMARTS) is 1. The number of thioether (sulfide) groups is 1. The smallest absolute Gasteiger partial charge is 0.320 e. The molecule has 5 nitrogen and oxygen atoms in total. The lowest BCUT2D eigenvalue weighted by Gasteiger charge is -2.20. The molecule has 120 valence electrons. The number of alkyl halides is 2. The van der Waals surface area contributed by atoms with Crippen molar-refractivity contribution in [2.24, 2.45) is 0 Å². The standard InChI is InChI=1S/C14H16F2N2O3S/c15-14(16)22-11-6-2-1-4-9(11)17-12(19)8-18-7-3-5-10(18)13(20)21/h1-2,4,6,10,14H,3,5,7-8H2,(H,17,19)(H,20,21)/t10-/m0/s1. The van der Waals surface area contributed by atoms with Crippen molar-refractivity contribution in [3.05, 3.63) is 24.3 Å². The lowest BCUT2D eigenvalue weighted by molar-refractivity contribution is -0.142. The van der Waals surface area contributed by atoms with Crippen LogP contribution in [0.1, 0.15) is 12.8 Å². The van der Waals surface area contributed by atoms with Crippen molar-refractivity contribution >= 4 is 29.3 Å². The number of hydrogen-bond acceptors (Lipinski definition) is 4. The summed E-state index contributed by atoms with van der Waals surface area (Å²) in [6.07, 6.45) is 1.24. The van der Waals surface area contributed by atoms with Gasteiger partial charge in [0.05, 0.1) is 12.2 Å². The van der Waals surface area contributed by atoms with Gasteiger partial charge in [0, 0.05) is 4.90 Å². The monoisotopic (exact) mass is 330 g/mol. The zero-order valence-corrected chi connectivity index (χ0v) is 12.5. The molecule has 0 unspecified atom stereocenters. The first-order chi connectivity index (χ1) is 10.5. The highest BCUT2D eigenvalue weighted by Gasteiger charge is 2.31. The van der Waals surface area contributed by atoms with Crippen molar-refractivity contribution in [2.45, 2.75) is 29.5 Å². The zero-order valence-electron chi connectivity index (χ0n) is 11.7. The Kier molecular flexibility index (Phi) is 5.73. The van der Waals surface area contributed by atoms with Crippen LogP contribution in [0.25, 0.3) is 0 Å². The van der Waals surface area contributed by atoms with Gasteiger partial charge in [-0.05, 0) is 31.5 Å². The Morgan fingerprint density at radius 2 is 2.14 bits per heavy atom. The van der Waals surface area contributed by atoms with Gasteiger partial charge in [-0.25, -0.2) is 0 Å². The average molecular weight is 330 g/mol. The molecule has 1 saturated heterocycles. The molecule has 0 saturated carbocycles. The van der Waals surface area contributed by atoms with Gasteiger partial charge >= 0.3 is 5.97 Å². The van der Waals surface area contributed by atoms with Gasteiger partial charge in [0.1, 0.15) is 6.04 Å². The minimum Gasteiger partial charge on any atom is -0.480 e. The van der Waals surface area contributed by atoms with Crippen molar-refractivity contribution < 1.29 is 23.5 Å². The first-order valence-corrected chi connectivity index (χ1v) is 7.66. The van der Waals surface area contributed by atoms with E-state index in [1.807, 2.05) is 0 Å². The summed E-state index contributed by atoms with van der Waals surface area (Å²) >= 11 is 0.359. The Morgan fingerprint density at radius 1 is 1.41 bits per heavy atom. The number of benzene rings is 1. The van der Waals surface area contributed by atoms with E-state index in [0.717, 1.165) is 6.42 Å². The first kappa shape index (κ1) is 16.7. The molecule has 0 radical (unpaired) electrons. The molecule has 0 spiro atoms. The van der Waals surface area contributed by atoms with E-state index in [1.165, 1.54) is 6.07 Å². The lowest BCUT2D eigenvalue weighted by Crippen LogP contribution is -2.40. The molecule has 22 heavy (non-hydrogen) atoms. The molecule has 0 aromatic heterocycles. The van der Waals surface area contributed by atoms with E-state index >= 15 is 0 Å². The third-order valence-electron chi connectivity index (χ3n) is 3.37. The van der Waals surface area contributed by atoms with Gasteiger partial charge in [0.2, 0.25) is 5.91 Å². The Hall–Kier alpha value is -1.67. The molecule has 0 aliphatic carbocycles. The van der Waals surface area contributed by atoms with Crippen molar-refractivity contribution in [1.29, 1.82) is 0 Å². The fourth-order valence-corrected chi connectivity index (χ4v) is 3.03. The van der Waals surface area contributed by atoms with Gasteiger partial charge in [0.15, 0.2) is 0 Å². The average Bonchev–Trinajstić information content (AvgIpc) is 2.88.